The molecule has 55 heavy (non-hydrogen) atoms. The van der Waals surface area contributed by atoms with Gasteiger partial charge in [0.15, 0.2) is 6.10 Å². The van der Waals surface area contributed by atoms with Gasteiger partial charge in [-0.15, -0.1) is 0 Å². The predicted octanol–water partition coefficient (Wildman–Crippen LogP) is 12.7. The molecule has 0 bridgehead atoms. The molecule has 2 atom stereocenters. The SMILES string of the molecule is CCCCC/C=C\C/C=C\CCCCCCCCCCCC(=O)O[C@H](COC(=O)CCCCCCC/C=C\C/C=C\CCCCC)COP(=O)(O)OCCN. The Kier molecular flexibility index (Phi) is 40.1. The van der Waals surface area contributed by atoms with Crippen molar-refractivity contribution in [1.29, 1.82) is 0 Å². The summed E-state index contributed by atoms with van der Waals surface area (Å²) >= 11 is 0. The smallest absolute Gasteiger partial charge is 0.462 e. The number of phosphoric acid groups is 1. The molecule has 320 valence electrons. The van der Waals surface area contributed by atoms with Crippen LogP contribution in [-0.2, 0) is 32.7 Å². The first-order chi connectivity index (χ1) is 26.8. The number of nitrogens with two attached hydrogens (primary N) is 1. The standard InChI is InChI=1S/C45H82NO8P/c1-3-5-7-9-11-13-15-17-19-20-21-22-24-26-28-30-32-34-36-38-45(48)54-43(42-53-55(49,50)52-40-39-46)41-51-44(47)37-35-33-31-29-27-25-23-18-16-14-12-10-8-6-4-2/h11-14,17-19,23,43H,3-10,15-16,20-22,24-42,46H2,1-2H3,(H,49,50)/b13-11-,14-12-,19-17-,23-18-/t43-/m1/s1. The number of phosphoric ester groups is 1. The summed E-state index contributed by atoms with van der Waals surface area (Å²) < 4.78 is 32.8. The van der Waals surface area contributed by atoms with Gasteiger partial charge in [-0.25, -0.2) is 4.57 Å². The first-order valence-corrected chi connectivity index (χ1v) is 23.6. The summed E-state index contributed by atoms with van der Waals surface area (Å²) in [5, 5.41) is 0. The van der Waals surface area contributed by atoms with E-state index in [2.05, 4.69) is 62.5 Å². The Balaban J connectivity index is 4.16. The molecule has 1 unspecified atom stereocenters. The Morgan fingerprint density at radius 2 is 0.945 bits per heavy atom. The van der Waals surface area contributed by atoms with E-state index in [9.17, 15) is 19.0 Å². The first kappa shape index (κ1) is 53.0. The molecule has 0 aliphatic carbocycles. The summed E-state index contributed by atoms with van der Waals surface area (Å²) in [6.07, 6.45) is 47.0. The molecule has 0 fully saturated rings. The molecule has 0 aromatic heterocycles. The summed E-state index contributed by atoms with van der Waals surface area (Å²) in [5.41, 5.74) is 5.35. The first-order valence-electron chi connectivity index (χ1n) is 22.1. The van der Waals surface area contributed by atoms with E-state index in [1.807, 2.05) is 0 Å². The van der Waals surface area contributed by atoms with Crippen molar-refractivity contribution in [3.05, 3.63) is 48.6 Å². The molecule has 0 rings (SSSR count). The van der Waals surface area contributed by atoms with E-state index in [0.29, 0.717) is 12.8 Å². The fourth-order valence-corrected chi connectivity index (χ4v) is 6.64. The largest absolute Gasteiger partial charge is 0.472 e. The molecule has 0 radical (unpaired) electrons. The summed E-state index contributed by atoms with van der Waals surface area (Å²) in [6, 6.07) is 0. The van der Waals surface area contributed by atoms with E-state index < -0.39 is 32.5 Å². The Labute approximate surface area is 336 Å². The Hall–Kier alpha value is -2.03. The fourth-order valence-electron chi connectivity index (χ4n) is 5.87. The molecule has 0 amide bonds. The van der Waals surface area contributed by atoms with Crippen molar-refractivity contribution < 1.29 is 37.6 Å². The van der Waals surface area contributed by atoms with E-state index in [4.69, 9.17) is 24.3 Å². The van der Waals surface area contributed by atoms with Crippen LogP contribution in [0.1, 0.15) is 194 Å². The van der Waals surface area contributed by atoms with E-state index in [0.717, 1.165) is 70.6 Å². The zero-order valence-electron chi connectivity index (χ0n) is 35.2. The minimum atomic E-state index is -4.38. The summed E-state index contributed by atoms with van der Waals surface area (Å²) in [4.78, 5) is 34.9. The van der Waals surface area contributed by atoms with Crippen LogP contribution in [0, 0.1) is 0 Å². The monoisotopic (exact) mass is 796 g/mol. The normalized spacial score (nSPS) is 13.7. The van der Waals surface area contributed by atoms with Gasteiger partial charge in [0.1, 0.15) is 6.61 Å². The van der Waals surface area contributed by atoms with Crippen molar-refractivity contribution in [3.63, 3.8) is 0 Å². The number of esters is 2. The number of allylic oxidation sites excluding steroid dienone is 8. The van der Waals surface area contributed by atoms with Gasteiger partial charge in [-0.1, -0.05) is 152 Å². The Morgan fingerprint density at radius 3 is 1.38 bits per heavy atom. The molecular weight excluding hydrogens is 713 g/mol. The minimum Gasteiger partial charge on any atom is -0.462 e. The van der Waals surface area contributed by atoms with Crippen LogP contribution in [0.3, 0.4) is 0 Å². The van der Waals surface area contributed by atoms with Crippen LogP contribution in [0.15, 0.2) is 48.6 Å². The lowest BCUT2D eigenvalue weighted by molar-refractivity contribution is -0.161. The topological polar surface area (TPSA) is 134 Å². The maximum atomic E-state index is 12.6. The van der Waals surface area contributed by atoms with E-state index >= 15 is 0 Å². The molecule has 0 heterocycles. The zero-order valence-corrected chi connectivity index (χ0v) is 36.0. The van der Waals surface area contributed by atoms with Crippen molar-refractivity contribution in [2.45, 2.75) is 200 Å². The third kappa shape index (κ3) is 41.4. The second-order valence-electron chi connectivity index (χ2n) is 14.6. The lowest BCUT2D eigenvalue weighted by Gasteiger charge is -2.19. The van der Waals surface area contributed by atoms with Gasteiger partial charge in [0.05, 0.1) is 13.2 Å². The molecule has 3 N–H and O–H groups in total. The van der Waals surface area contributed by atoms with E-state index in [1.54, 1.807) is 0 Å². The molecule has 10 heteroatoms. The number of rotatable bonds is 41. The van der Waals surface area contributed by atoms with E-state index in [1.165, 1.54) is 83.5 Å². The van der Waals surface area contributed by atoms with Gasteiger partial charge in [0.25, 0.3) is 0 Å². The minimum absolute atomic E-state index is 0.0493. The Bertz CT molecular complexity index is 1040. The van der Waals surface area contributed by atoms with Crippen LogP contribution < -0.4 is 5.73 Å². The second-order valence-corrected chi connectivity index (χ2v) is 16.0. The van der Waals surface area contributed by atoms with Crippen molar-refractivity contribution in [2.75, 3.05) is 26.4 Å². The van der Waals surface area contributed by atoms with Crippen LogP contribution in [-0.4, -0.2) is 49.3 Å². The van der Waals surface area contributed by atoms with Gasteiger partial charge in [-0.2, -0.15) is 0 Å². The maximum absolute atomic E-state index is 12.6. The maximum Gasteiger partial charge on any atom is 0.472 e. The van der Waals surface area contributed by atoms with Crippen molar-refractivity contribution in [2.24, 2.45) is 5.73 Å². The van der Waals surface area contributed by atoms with Gasteiger partial charge in [0.2, 0.25) is 0 Å². The number of hydrogen-bond donors (Lipinski definition) is 2. The molecule has 9 nitrogen and oxygen atoms in total. The van der Waals surface area contributed by atoms with Gasteiger partial charge in [-0.3, -0.25) is 18.6 Å². The highest BCUT2D eigenvalue weighted by Gasteiger charge is 2.26. The van der Waals surface area contributed by atoms with Crippen LogP contribution in [0.25, 0.3) is 0 Å². The summed E-state index contributed by atoms with van der Waals surface area (Å²) in [5.74, 6) is -0.849. The highest BCUT2D eigenvalue weighted by molar-refractivity contribution is 7.47. The van der Waals surface area contributed by atoms with Crippen LogP contribution in [0.4, 0.5) is 0 Å². The number of carbonyl (C=O) groups excluding carboxylic acids is 2. The average Bonchev–Trinajstić information content (AvgIpc) is 3.17. The third-order valence-corrected chi connectivity index (χ3v) is 10.2. The fraction of sp³-hybridized carbons (Fsp3) is 0.778. The van der Waals surface area contributed by atoms with Crippen LogP contribution >= 0.6 is 7.82 Å². The second kappa shape index (κ2) is 41.6. The predicted molar refractivity (Wildman–Crippen MR) is 229 cm³/mol. The van der Waals surface area contributed by atoms with Gasteiger partial charge < -0.3 is 20.1 Å². The molecule has 0 spiro atoms. The Morgan fingerprint density at radius 1 is 0.545 bits per heavy atom. The number of unbranched alkanes of at least 4 members (excludes halogenated alkanes) is 20. The molecule has 0 aromatic rings. The number of ether oxygens (including phenoxy) is 2. The molecule has 0 aliphatic heterocycles. The van der Waals surface area contributed by atoms with Crippen molar-refractivity contribution >= 4 is 19.8 Å². The third-order valence-electron chi connectivity index (χ3n) is 9.19. The van der Waals surface area contributed by atoms with E-state index in [-0.39, 0.29) is 32.6 Å². The molecule has 0 aromatic carbocycles. The molecular formula is C45H82NO8P. The average molecular weight is 796 g/mol. The zero-order chi connectivity index (χ0) is 40.3. The molecule has 0 saturated heterocycles. The van der Waals surface area contributed by atoms with Crippen LogP contribution in [0.2, 0.25) is 0 Å². The summed E-state index contributed by atoms with van der Waals surface area (Å²) in [6.45, 7) is 3.66. The van der Waals surface area contributed by atoms with Crippen molar-refractivity contribution in [1.82, 2.24) is 0 Å². The van der Waals surface area contributed by atoms with Gasteiger partial charge >= 0.3 is 19.8 Å². The van der Waals surface area contributed by atoms with Crippen molar-refractivity contribution in [3.8, 4) is 0 Å². The number of carbonyl (C=O) groups is 2. The highest BCUT2D eigenvalue weighted by atomic mass is 31.2. The highest BCUT2D eigenvalue weighted by Crippen LogP contribution is 2.43. The molecule has 0 saturated carbocycles. The lowest BCUT2D eigenvalue weighted by Crippen LogP contribution is -2.29. The van der Waals surface area contributed by atoms with Gasteiger partial charge in [-0.05, 0) is 77.0 Å². The lowest BCUT2D eigenvalue weighted by atomic mass is 10.1. The quantitative estimate of drug-likeness (QED) is 0.0268. The number of hydrogen-bond acceptors (Lipinski definition) is 8. The molecule has 0 aliphatic rings. The summed E-state index contributed by atoms with van der Waals surface area (Å²) in [7, 11) is -4.38. The van der Waals surface area contributed by atoms with Gasteiger partial charge in [0, 0.05) is 19.4 Å². The van der Waals surface area contributed by atoms with Crippen LogP contribution in [0.5, 0.6) is 0 Å².